The predicted octanol–water partition coefficient (Wildman–Crippen LogP) is 3.17. The molecule has 2 amide bonds. The fourth-order valence-electron chi connectivity index (χ4n) is 4.06. The second kappa shape index (κ2) is 6.59. The molecule has 142 valence electrons. The van der Waals surface area contributed by atoms with Crippen molar-refractivity contribution in [2.45, 2.75) is 69.9 Å². The summed E-state index contributed by atoms with van der Waals surface area (Å²) in [7, 11) is 0. The normalized spacial score (nSPS) is 23.4. The van der Waals surface area contributed by atoms with Gasteiger partial charge in [-0.15, -0.1) is 0 Å². The van der Waals surface area contributed by atoms with E-state index < -0.39 is 5.60 Å². The van der Waals surface area contributed by atoms with Crippen LogP contribution < -0.4 is 0 Å². The zero-order valence-electron chi connectivity index (χ0n) is 15.6. The molecule has 2 saturated heterocycles. The zero-order valence-corrected chi connectivity index (χ0v) is 15.6. The largest absolute Gasteiger partial charge is 0.441 e. The van der Waals surface area contributed by atoms with E-state index in [0.717, 1.165) is 31.4 Å². The molecule has 0 bridgehead atoms. The molecule has 3 heterocycles. The molecule has 0 N–H and O–H groups in total. The van der Waals surface area contributed by atoms with E-state index in [0.29, 0.717) is 44.2 Å². The minimum Gasteiger partial charge on any atom is -0.441 e. The molecule has 0 aromatic carbocycles. The predicted molar refractivity (Wildman–Crippen MR) is 93.9 cm³/mol. The molecule has 4 rings (SSSR count). The molecular formula is C19H27N3O4. The van der Waals surface area contributed by atoms with Crippen LogP contribution in [0.2, 0.25) is 0 Å². The minimum atomic E-state index is -0.448. The number of hydrogen-bond donors (Lipinski definition) is 0. The Bertz CT molecular complexity index is 689. The second-order valence-corrected chi connectivity index (χ2v) is 8.00. The van der Waals surface area contributed by atoms with Gasteiger partial charge in [0.2, 0.25) is 5.76 Å². The van der Waals surface area contributed by atoms with Crippen molar-refractivity contribution in [1.82, 2.24) is 15.0 Å². The molecule has 1 atom stereocenters. The monoisotopic (exact) mass is 361 g/mol. The Morgan fingerprint density at radius 3 is 2.77 bits per heavy atom. The van der Waals surface area contributed by atoms with E-state index in [1.807, 2.05) is 4.90 Å². The first-order chi connectivity index (χ1) is 12.5. The highest BCUT2D eigenvalue weighted by molar-refractivity contribution is 5.91. The van der Waals surface area contributed by atoms with Crippen molar-refractivity contribution in [3.8, 4) is 0 Å². The molecule has 1 aromatic rings. The lowest BCUT2D eigenvalue weighted by Gasteiger charge is -2.37. The van der Waals surface area contributed by atoms with Gasteiger partial charge < -0.3 is 19.1 Å². The number of nitrogens with zero attached hydrogens (tertiary/aromatic N) is 3. The number of carbonyl (C=O) groups excluding carboxylic acids is 2. The highest BCUT2D eigenvalue weighted by Crippen LogP contribution is 2.40. The fraction of sp³-hybridized carbons (Fsp3) is 0.737. The number of aromatic nitrogens is 1. The maximum atomic E-state index is 12.7. The maximum Gasteiger partial charge on any atom is 0.410 e. The van der Waals surface area contributed by atoms with Crippen molar-refractivity contribution in [2.24, 2.45) is 0 Å². The number of piperidine rings is 1. The summed E-state index contributed by atoms with van der Waals surface area (Å²) in [5, 5.41) is 4.02. The molecule has 1 aliphatic carbocycles. The summed E-state index contributed by atoms with van der Waals surface area (Å²) in [4.78, 5) is 28.6. The molecule has 7 nitrogen and oxygen atoms in total. The van der Waals surface area contributed by atoms with Crippen molar-refractivity contribution >= 4 is 12.0 Å². The van der Waals surface area contributed by atoms with Gasteiger partial charge in [0.05, 0.1) is 12.2 Å². The third-order valence-electron chi connectivity index (χ3n) is 5.93. The van der Waals surface area contributed by atoms with Gasteiger partial charge in [0.25, 0.3) is 5.91 Å². The molecule has 3 aliphatic rings. The van der Waals surface area contributed by atoms with E-state index in [-0.39, 0.29) is 18.0 Å². The number of rotatable bonds is 5. The third kappa shape index (κ3) is 3.19. The van der Waals surface area contributed by atoms with Crippen molar-refractivity contribution in [3.05, 3.63) is 17.5 Å². The van der Waals surface area contributed by atoms with Crippen LogP contribution in [-0.4, -0.2) is 58.2 Å². The molecule has 0 radical (unpaired) electrons. The van der Waals surface area contributed by atoms with E-state index in [1.54, 1.807) is 11.0 Å². The second-order valence-electron chi connectivity index (χ2n) is 8.00. The lowest BCUT2D eigenvalue weighted by atomic mass is 9.91. The van der Waals surface area contributed by atoms with Gasteiger partial charge in [-0.25, -0.2) is 4.79 Å². The SMILES string of the molecule is CCC[C@H](C)N1CC2(CCN(C(=O)c3cc(C4CC4)no3)CC2)OC1=O. The summed E-state index contributed by atoms with van der Waals surface area (Å²) in [5.41, 5.74) is 0.448. The first-order valence-electron chi connectivity index (χ1n) is 9.77. The lowest BCUT2D eigenvalue weighted by Crippen LogP contribution is -2.49. The number of ether oxygens (including phenoxy) is 1. The molecule has 7 heteroatoms. The van der Waals surface area contributed by atoms with Crippen molar-refractivity contribution in [1.29, 1.82) is 0 Å². The summed E-state index contributed by atoms with van der Waals surface area (Å²) in [6, 6.07) is 1.98. The number of carbonyl (C=O) groups is 2. The van der Waals surface area contributed by atoms with Gasteiger partial charge in [-0.05, 0) is 26.2 Å². The lowest BCUT2D eigenvalue weighted by molar-refractivity contribution is 0.00198. The van der Waals surface area contributed by atoms with Crippen LogP contribution in [0, 0.1) is 0 Å². The van der Waals surface area contributed by atoms with Gasteiger partial charge in [0, 0.05) is 44.0 Å². The first kappa shape index (κ1) is 17.4. The molecule has 3 fully saturated rings. The Kier molecular flexibility index (Phi) is 4.40. The van der Waals surface area contributed by atoms with Gasteiger partial charge in [0.15, 0.2) is 0 Å². The van der Waals surface area contributed by atoms with Crippen LogP contribution in [0.15, 0.2) is 10.6 Å². The van der Waals surface area contributed by atoms with E-state index in [9.17, 15) is 9.59 Å². The Labute approximate surface area is 153 Å². The molecule has 1 aromatic heterocycles. The van der Waals surface area contributed by atoms with E-state index >= 15 is 0 Å². The van der Waals surface area contributed by atoms with Crippen LogP contribution in [0.3, 0.4) is 0 Å². The molecule has 1 spiro atoms. The highest BCUT2D eigenvalue weighted by atomic mass is 16.6. The van der Waals surface area contributed by atoms with Gasteiger partial charge in [-0.3, -0.25) is 4.79 Å². The molecule has 1 saturated carbocycles. The first-order valence-corrected chi connectivity index (χ1v) is 9.77. The van der Waals surface area contributed by atoms with Gasteiger partial charge in [0.1, 0.15) is 5.60 Å². The van der Waals surface area contributed by atoms with Gasteiger partial charge >= 0.3 is 6.09 Å². The quantitative estimate of drug-likeness (QED) is 0.805. The Morgan fingerprint density at radius 2 is 2.12 bits per heavy atom. The fourth-order valence-corrected chi connectivity index (χ4v) is 4.06. The average Bonchev–Trinajstić information content (AvgIpc) is 3.27. The van der Waals surface area contributed by atoms with Crippen LogP contribution in [0.1, 0.15) is 74.5 Å². The number of hydrogen-bond acceptors (Lipinski definition) is 5. The number of amides is 2. The minimum absolute atomic E-state index is 0.111. The maximum absolute atomic E-state index is 12.7. The summed E-state index contributed by atoms with van der Waals surface area (Å²) in [6.45, 7) is 5.96. The van der Waals surface area contributed by atoms with E-state index in [1.165, 1.54) is 0 Å². The van der Waals surface area contributed by atoms with Crippen LogP contribution >= 0.6 is 0 Å². The highest BCUT2D eigenvalue weighted by Gasteiger charge is 2.48. The Balaban J connectivity index is 1.36. The van der Waals surface area contributed by atoms with Crippen LogP contribution in [-0.2, 0) is 4.74 Å². The molecule has 0 unspecified atom stereocenters. The summed E-state index contributed by atoms with van der Waals surface area (Å²) < 4.78 is 11.0. The molecule has 26 heavy (non-hydrogen) atoms. The smallest absolute Gasteiger partial charge is 0.410 e. The Morgan fingerprint density at radius 1 is 1.38 bits per heavy atom. The van der Waals surface area contributed by atoms with Crippen molar-refractivity contribution < 1.29 is 18.8 Å². The molecular weight excluding hydrogens is 334 g/mol. The van der Waals surface area contributed by atoms with Crippen LogP contribution in [0.5, 0.6) is 0 Å². The van der Waals surface area contributed by atoms with E-state index in [2.05, 4.69) is 19.0 Å². The van der Waals surface area contributed by atoms with Gasteiger partial charge in [-0.1, -0.05) is 18.5 Å². The average molecular weight is 361 g/mol. The third-order valence-corrected chi connectivity index (χ3v) is 5.93. The topological polar surface area (TPSA) is 75.9 Å². The standard InChI is InChI=1S/C19H27N3O4/c1-3-4-13(2)22-12-19(25-18(22)24)7-9-21(10-8-19)17(23)16-11-15(20-26-16)14-5-6-14/h11,13-14H,3-10,12H2,1-2H3/t13-/m0/s1. The van der Waals surface area contributed by atoms with E-state index in [4.69, 9.17) is 9.26 Å². The summed E-state index contributed by atoms with van der Waals surface area (Å²) >= 11 is 0. The molecule has 2 aliphatic heterocycles. The van der Waals surface area contributed by atoms with Crippen molar-refractivity contribution in [3.63, 3.8) is 0 Å². The summed E-state index contributed by atoms with van der Waals surface area (Å²) in [6.07, 6.45) is 5.41. The zero-order chi connectivity index (χ0) is 18.3. The van der Waals surface area contributed by atoms with Gasteiger partial charge in [-0.2, -0.15) is 0 Å². The Hall–Kier alpha value is -2.05. The van der Waals surface area contributed by atoms with Crippen molar-refractivity contribution in [2.75, 3.05) is 19.6 Å². The van der Waals surface area contributed by atoms with Crippen LogP contribution in [0.25, 0.3) is 0 Å². The summed E-state index contributed by atoms with van der Waals surface area (Å²) in [5.74, 6) is 0.683. The number of likely N-dealkylation sites (tertiary alicyclic amines) is 1. The van der Waals surface area contributed by atoms with Crippen LogP contribution in [0.4, 0.5) is 4.79 Å².